The van der Waals surface area contributed by atoms with Crippen molar-refractivity contribution in [1.82, 2.24) is 15.0 Å². The number of benzene rings is 3. The summed E-state index contributed by atoms with van der Waals surface area (Å²) < 4.78 is 30.7. The highest BCUT2D eigenvalue weighted by molar-refractivity contribution is 6.72. The Hall–Kier alpha value is -4.39. The van der Waals surface area contributed by atoms with Crippen molar-refractivity contribution < 1.29 is 28.3 Å². The van der Waals surface area contributed by atoms with Gasteiger partial charge < -0.3 is 18.7 Å². The van der Waals surface area contributed by atoms with Gasteiger partial charge in [0, 0.05) is 54.2 Å². The van der Waals surface area contributed by atoms with Gasteiger partial charge in [-0.25, -0.2) is 0 Å². The maximum Gasteiger partial charge on any atom is 0.269 e. The first-order chi connectivity index (χ1) is 22.1. The number of hydrogen-bond acceptors (Lipinski definition) is 7. The van der Waals surface area contributed by atoms with Gasteiger partial charge in [0.1, 0.15) is 5.75 Å². The van der Waals surface area contributed by atoms with Gasteiger partial charge in [0.05, 0.1) is 23.2 Å². The van der Waals surface area contributed by atoms with Gasteiger partial charge in [-0.2, -0.15) is 0 Å². The van der Waals surface area contributed by atoms with Gasteiger partial charge in [0.15, 0.2) is 12.2 Å². The van der Waals surface area contributed by atoms with Crippen LogP contribution in [0.1, 0.15) is 24.6 Å². The Balaban J connectivity index is 1.34. The number of aromatic nitrogens is 3. The number of carbonyl (C=O) groups excluding carboxylic acids is 2. The zero-order valence-corrected chi connectivity index (χ0v) is 27.0. The minimum absolute atomic E-state index is 0.0305. The molecule has 4 heterocycles. The summed E-state index contributed by atoms with van der Waals surface area (Å²) in [7, 11) is -3.40. The second-order valence-electron chi connectivity index (χ2n) is 12.7. The lowest BCUT2D eigenvalue weighted by molar-refractivity contribution is -0.145. The fraction of sp³-hybridized carbons (Fsp3) is 0.353. The van der Waals surface area contributed by atoms with Gasteiger partial charge in [-0.05, 0) is 62.0 Å². The Morgan fingerprint density at radius 1 is 1.00 bits per heavy atom. The summed E-state index contributed by atoms with van der Waals surface area (Å²) in [6.07, 6.45) is 2.01. The highest BCUT2D eigenvalue weighted by atomic mass is 28.4. The standard InChI is InChI=1S/C34H36FN5O5Si/c1-22-32(46(2,3)35)30(15-17-38-20-23(16-18-41)36-37-38)45-34(22)26-19-25(39-28-11-7-8-12-29(28)44-21-31(39)42)13-14-27(26)40(33(34)43)24-9-5-4-6-10-24/h4-14,19-20,22,30,32,41H,15-18,21H2,1-3H3/t22-,30+,32-,34+/m1/s1. The molecule has 1 spiro atoms. The molecule has 2 amide bonds. The number of anilines is 4. The molecule has 1 aromatic heterocycles. The van der Waals surface area contributed by atoms with E-state index in [9.17, 15) is 14.7 Å². The molecule has 0 aliphatic carbocycles. The number of nitrogens with zero attached hydrogens (tertiary/aromatic N) is 5. The third kappa shape index (κ3) is 4.83. The van der Waals surface area contributed by atoms with Crippen LogP contribution < -0.4 is 14.5 Å². The molecule has 3 aliphatic rings. The van der Waals surface area contributed by atoms with E-state index < -0.39 is 31.6 Å². The summed E-state index contributed by atoms with van der Waals surface area (Å²) in [5, 5.41) is 17.6. The SMILES string of the molecule is C[C@@H]1[C@@H]([Si](C)(C)F)[C@H](CCn2cc(CCO)nn2)O[C@@]12C(=O)N(c1ccccc1)c1ccc(N3C(=O)COc4ccccc43)cc12. The first kappa shape index (κ1) is 30.3. The molecule has 0 bridgehead atoms. The van der Waals surface area contributed by atoms with E-state index in [1.54, 1.807) is 33.8 Å². The monoisotopic (exact) mass is 641 g/mol. The Kier molecular flexibility index (Phi) is 7.53. The number of aliphatic hydroxyl groups excluding tert-OH is 1. The summed E-state index contributed by atoms with van der Waals surface area (Å²) >= 11 is 0. The molecule has 3 aliphatic heterocycles. The predicted octanol–water partition coefficient (Wildman–Crippen LogP) is 5.41. The second kappa shape index (κ2) is 11.4. The molecule has 4 aromatic rings. The Labute approximate surface area is 267 Å². The Morgan fingerprint density at radius 2 is 1.76 bits per heavy atom. The van der Waals surface area contributed by atoms with Crippen LogP contribution in [0.5, 0.6) is 5.75 Å². The smallest absolute Gasteiger partial charge is 0.269 e. The van der Waals surface area contributed by atoms with Gasteiger partial charge in [-0.15, -0.1) is 5.10 Å². The molecule has 3 aromatic carbocycles. The van der Waals surface area contributed by atoms with E-state index in [0.717, 1.165) is 0 Å². The first-order valence-electron chi connectivity index (χ1n) is 15.6. The third-order valence-corrected chi connectivity index (χ3v) is 11.9. The maximum absolute atomic E-state index is 16.4. The normalized spacial score (nSPS) is 24.0. The topological polar surface area (TPSA) is 110 Å². The molecule has 1 saturated heterocycles. The number of aliphatic hydroxyl groups is 1. The van der Waals surface area contributed by atoms with E-state index in [-0.39, 0.29) is 25.0 Å². The lowest BCUT2D eigenvalue weighted by Crippen LogP contribution is -2.44. The summed E-state index contributed by atoms with van der Waals surface area (Å²) in [6.45, 7) is 5.54. The molecule has 0 saturated carbocycles. The van der Waals surface area contributed by atoms with Crippen molar-refractivity contribution in [2.75, 3.05) is 23.0 Å². The van der Waals surface area contributed by atoms with E-state index >= 15 is 4.11 Å². The summed E-state index contributed by atoms with van der Waals surface area (Å²) in [6, 6.07) is 22.2. The van der Waals surface area contributed by atoms with Gasteiger partial charge in [0.2, 0.25) is 8.41 Å². The summed E-state index contributed by atoms with van der Waals surface area (Å²) in [5.41, 5.74) is 1.80. The number of carbonyl (C=O) groups is 2. The Morgan fingerprint density at radius 3 is 2.52 bits per heavy atom. The van der Waals surface area contributed by atoms with Crippen LogP contribution in [0.4, 0.5) is 26.9 Å². The van der Waals surface area contributed by atoms with Crippen LogP contribution >= 0.6 is 0 Å². The van der Waals surface area contributed by atoms with Crippen molar-refractivity contribution in [1.29, 1.82) is 0 Å². The lowest BCUT2D eigenvalue weighted by atomic mass is 9.82. The lowest BCUT2D eigenvalue weighted by Gasteiger charge is -2.32. The van der Waals surface area contributed by atoms with Crippen molar-refractivity contribution >= 4 is 43.0 Å². The van der Waals surface area contributed by atoms with Crippen LogP contribution in [-0.2, 0) is 32.9 Å². The van der Waals surface area contributed by atoms with Crippen LogP contribution in [-0.4, -0.2) is 59.6 Å². The summed E-state index contributed by atoms with van der Waals surface area (Å²) in [4.78, 5) is 31.4. The predicted molar refractivity (Wildman–Crippen MR) is 173 cm³/mol. The molecule has 7 rings (SSSR count). The highest BCUT2D eigenvalue weighted by Gasteiger charge is 2.67. The number of amides is 2. The molecule has 12 heteroatoms. The number of hydrogen-bond donors (Lipinski definition) is 1. The number of ether oxygens (including phenoxy) is 2. The van der Waals surface area contributed by atoms with Gasteiger partial charge in [-0.3, -0.25) is 24.1 Å². The summed E-state index contributed by atoms with van der Waals surface area (Å²) in [5.74, 6) is -0.430. The molecule has 0 unspecified atom stereocenters. The van der Waals surface area contributed by atoms with Gasteiger partial charge >= 0.3 is 0 Å². The van der Waals surface area contributed by atoms with Crippen molar-refractivity contribution in [2.24, 2.45) is 5.92 Å². The van der Waals surface area contributed by atoms with E-state index in [4.69, 9.17) is 9.47 Å². The van der Waals surface area contributed by atoms with Crippen molar-refractivity contribution in [3.05, 3.63) is 90.3 Å². The number of fused-ring (bicyclic) bond motifs is 3. The van der Waals surface area contributed by atoms with Gasteiger partial charge in [-0.1, -0.05) is 42.5 Å². The van der Waals surface area contributed by atoms with Crippen LogP contribution in [0, 0.1) is 5.92 Å². The quantitative estimate of drug-likeness (QED) is 0.202. The van der Waals surface area contributed by atoms with Crippen molar-refractivity contribution in [3.63, 3.8) is 0 Å². The van der Waals surface area contributed by atoms with E-state index in [1.807, 2.05) is 79.7 Å². The number of halogens is 1. The molecule has 1 fully saturated rings. The fourth-order valence-corrected chi connectivity index (χ4v) is 10.1. The minimum Gasteiger partial charge on any atom is -0.482 e. The fourth-order valence-electron chi connectivity index (χ4n) is 7.52. The van der Waals surface area contributed by atoms with E-state index in [2.05, 4.69) is 10.3 Å². The van der Waals surface area contributed by atoms with Crippen molar-refractivity contribution in [3.8, 4) is 5.75 Å². The van der Waals surface area contributed by atoms with Crippen molar-refractivity contribution in [2.45, 2.75) is 56.7 Å². The Bertz CT molecular complexity index is 1800. The van der Waals surface area contributed by atoms with Crippen LogP contribution in [0.25, 0.3) is 0 Å². The van der Waals surface area contributed by atoms with Crippen LogP contribution in [0.2, 0.25) is 18.6 Å². The molecule has 1 N–H and O–H groups in total. The zero-order valence-electron chi connectivity index (χ0n) is 26.0. The first-order valence-corrected chi connectivity index (χ1v) is 18.5. The molecule has 4 atom stereocenters. The molecular formula is C34H36FN5O5Si. The molecular weight excluding hydrogens is 605 g/mol. The van der Waals surface area contributed by atoms with E-state index in [1.165, 1.54) is 0 Å². The molecule has 46 heavy (non-hydrogen) atoms. The molecule has 10 nitrogen and oxygen atoms in total. The zero-order chi connectivity index (χ0) is 32.2. The largest absolute Gasteiger partial charge is 0.482 e. The highest BCUT2D eigenvalue weighted by Crippen LogP contribution is 2.61. The van der Waals surface area contributed by atoms with E-state index in [0.29, 0.717) is 59.1 Å². The second-order valence-corrected chi connectivity index (χ2v) is 16.5. The maximum atomic E-state index is 16.4. The molecule has 238 valence electrons. The molecule has 0 radical (unpaired) electrons. The van der Waals surface area contributed by atoms with Crippen LogP contribution in [0.15, 0.2) is 79.0 Å². The minimum atomic E-state index is -3.40. The number of rotatable bonds is 8. The van der Waals surface area contributed by atoms with Crippen LogP contribution in [0.3, 0.4) is 0 Å². The number of aryl methyl sites for hydroxylation is 1. The third-order valence-electron chi connectivity index (χ3n) is 9.43. The number of para-hydroxylation sites is 3. The average Bonchev–Trinajstić information content (AvgIpc) is 3.69. The average molecular weight is 642 g/mol. The van der Waals surface area contributed by atoms with Gasteiger partial charge in [0.25, 0.3) is 11.8 Å².